The third kappa shape index (κ3) is 3.40. The zero-order valence-corrected chi connectivity index (χ0v) is 12.5. The summed E-state index contributed by atoms with van der Waals surface area (Å²) in [6.45, 7) is 0.420. The molecule has 1 aromatic heterocycles. The van der Waals surface area contributed by atoms with Gasteiger partial charge in [-0.15, -0.1) is 0 Å². The van der Waals surface area contributed by atoms with Crippen LogP contribution >= 0.6 is 0 Å². The van der Waals surface area contributed by atoms with E-state index in [-0.39, 0.29) is 5.52 Å². The molecule has 4 nitrogen and oxygen atoms in total. The van der Waals surface area contributed by atoms with Gasteiger partial charge in [0.05, 0.1) is 16.6 Å². The quantitative estimate of drug-likeness (QED) is 0.791. The zero-order valence-electron chi connectivity index (χ0n) is 12.5. The molecule has 0 spiro atoms. The Hall–Kier alpha value is -2.83. The first-order valence-electron chi connectivity index (χ1n) is 7.31. The van der Waals surface area contributed by atoms with Gasteiger partial charge in [-0.05, 0) is 30.2 Å². The summed E-state index contributed by atoms with van der Waals surface area (Å²) in [6.07, 6.45) is -2.55. The van der Waals surface area contributed by atoms with E-state index < -0.39 is 17.8 Å². The Bertz CT molecular complexity index is 856. The van der Waals surface area contributed by atoms with E-state index in [9.17, 15) is 18.0 Å². The van der Waals surface area contributed by atoms with Gasteiger partial charge in [-0.3, -0.25) is 4.57 Å². The molecule has 0 saturated heterocycles. The maximum Gasteiger partial charge on any atom is 0.416 e. The summed E-state index contributed by atoms with van der Waals surface area (Å²) in [6, 6.07) is 12.4. The first-order valence-corrected chi connectivity index (χ1v) is 7.31. The molecule has 0 atom stereocenters. The van der Waals surface area contributed by atoms with Crippen molar-refractivity contribution >= 4 is 17.1 Å². The van der Waals surface area contributed by atoms with Crippen molar-refractivity contribution in [2.24, 2.45) is 0 Å². The predicted molar refractivity (Wildman–Crippen MR) is 83.7 cm³/mol. The van der Waals surface area contributed by atoms with Gasteiger partial charge in [0.15, 0.2) is 0 Å². The molecular weight excluding hydrogens is 319 g/mol. The fraction of sp³-hybridized carbons (Fsp3) is 0.176. The van der Waals surface area contributed by atoms with E-state index in [0.29, 0.717) is 18.5 Å². The average Bonchev–Trinajstić information content (AvgIpc) is 2.98. The summed E-state index contributed by atoms with van der Waals surface area (Å²) < 4.78 is 39.3. The van der Waals surface area contributed by atoms with Crippen LogP contribution in [0, 0.1) is 0 Å². The summed E-state index contributed by atoms with van der Waals surface area (Å²) in [7, 11) is 0. The van der Waals surface area contributed by atoms with Crippen LogP contribution in [-0.2, 0) is 12.6 Å². The highest BCUT2D eigenvalue weighted by atomic mass is 19.4. The van der Waals surface area contributed by atoms with Gasteiger partial charge in [0.25, 0.3) is 0 Å². The van der Waals surface area contributed by atoms with Gasteiger partial charge in [-0.25, -0.2) is 9.78 Å². The Balaban J connectivity index is 1.71. The Morgan fingerprint density at radius 3 is 2.58 bits per heavy atom. The molecule has 0 saturated carbocycles. The topological polar surface area (TPSA) is 46.9 Å². The highest BCUT2D eigenvalue weighted by Gasteiger charge is 2.31. The molecular formula is C17H14F3N3O. The number of carbonyl (C=O) groups is 1. The number of hydrogen-bond donors (Lipinski definition) is 1. The Morgan fingerprint density at radius 1 is 1.12 bits per heavy atom. The van der Waals surface area contributed by atoms with Crippen molar-refractivity contribution in [1.29, 1.82) is 0 Å². The van der Waals surface area contributed by atoms with Gasteiger partial charge in [0.2, 0.25) is 0 Å². The maximum atomic E-state index is 12.7. The number of nitrogens with zero attached hydrogens (tertiary/aromatic N) is 2. The average molecular weight is 333 g/mol. The van der Waals surface area contributed by atoms with Crippen LogP contribution in [0.3, 0.4) is 0 Å². The summed E-state index contributed by atoms with van der Waals surface area (Å²) >= 11 is 0. The molecule has 1 heterocycles. The summed E-state index contributed by atoms with van der Waals surface area (Å²) in [4.78, 5) is 16.1. The van der Waals surface area contributed by atoms with Crippen LogP contribution in [0.15, 0.2) is 54.9 Å². The van der Waals surface area contributed by atoms with Gasteiger partial charge in [0, 0.05) is 6.54 Å². The number of rotatable bonds is 3. The number of imidazole rings is 1. The van der Waals surface area contributed by atoms with Gasteiger partial charge in [0.1, 0.15) is 6.33 Å². The minimum Gasteiger partial charge on any atom is -0.337 e. The van der Waals surface area contributed by atoms with Gasteiger partial charge in [-0.2, -0.15) is 13.2 Å². The summed E-state index contributed by atoms with van der Waals surface area (Å²) in [5, 5.41) is 2.73. The Morgan fingerprint density at radius 2 is 1.88 bits per heavy atom. The lowest BCUT2D eigenvalue weighted by Crippen LogP contribution is -2.29. The van der Waals surface area contributed by atoms with Crippen LogP contribution in [0.1, 0.15) is 11.1 Å². The van der Waals surface area contributed by atoms with Crippen LogP contribution in [0.2, 0.25) is 0 Å². The van der Waals surface area contributed by atoms with Crippen molar-refractivity contribution < 1.29 is 18.0 Å². The number of halogens is 3. The molecule has 1 N–H and O–H groups in total. The molecule has 3 rings (SSSR count). The highest BCUT2D eigenvalue weighted by molar-refractivity contribution is 5.89. The molecule has 24 heavy (non-hydrogen) atoms. The van der Waals surface area contributed by atoms with E-state index in [4.69, 9.17) is 0 Å². The maximum absolute atomic E-state index is 12.7. The molecule has 1 amide bonds. The smallest absolute Gasteiger partial charge is 0.337 e. The van der Waals surface area contributed by atoms with Gasteiger partial charge >= 0.3 is 12.2 Å². The van der Waals surface area contributed by atoms with Crippen LogP contribution in [-0.4, -0.2) is 22.1 Å². The fourth-order valence-corrected chi connectivity index (χ4v) is 2.39. The number of benzene rings is 2. The molecule has 124 valence electrons. The summed E-state index contributed by atoms with van der Waals surface area (Å²) in [5.41, 5.74) is 0.760. The number of nitrogens with one attached hydrogen (secondary N) is 1. The zero-order chi connectivity index (χ0) is 17.2. The standard InChI is InChI=1S/C17H14F3N3O/c18-17(19,20)13-6-7-15-14(10-13)22-11-23(15)16(24)21-9-8-12-4-2-1-3-5-12/h1-7,10-11H,8-9H2,(H,21,24). The normalized spacial score (nSPS) is 11.6. The van der Waals surface area contributed by atoms with Gasteiger partial charge < -0.3 is 5.32 Å². The molecule has 0 unspecified atom stereocenters. The largest absolute Gasteiger partial charge is 0.416 e. The number of alkyl halides is 3. The number of fused-ring (bicyclic) bond motifs is 1. The molecule has 0 aliphatic heterocycles. The molecule has 0 bridgehead atoms. The second-order valence-electron chi connectivity index (χ2n) is 5.28. The number of carbonyl (C=O) groups excluding carboxylic acids is 1. The van der Waals surface area contributed by atoms with Crippen molar-refractivity contribution in [2.75, 3.05) is 6.54 Å². The molecule has 0 radical (unpaired) electrons. The first-order chi connectivity index (χ1) is 11.4. The van der Waals surface area contributed by atoms with E-state index in [1.807, 2.05) is 30.3 Å². The molecule has 3 aromatic rings. The lowest BCUT2D eigenvalue weighted by atomic mass is 10.1. The molecule has 0 aliphatic carbocycles. The van der Waals surface area contributed by atoms with E-state index in [1.165, 1.54) is 17.0 Å². The lowest BCUT2D eigenvalue weighted by Gasteiger charge is -2.08. The number of hydrogen-bond acceptors (Lipinski definition) is 2. The monoisotopic (exact) mass is 333 g/mol. The minimum absolute atomic E-state index is 0.128. The van der Waals surface area contributed by atoms with Crippen LogP contribution < -0.4 is 5.32 Å². The second-order valence-corrected chi connectivity index (χ2v) is 5.28. The van der Waals surface area contributed by atoms with Crippen LogP contribution in [0.4, 0.5) is 18.0 Å². The molecule has 0 fully saturated rings. The number of amides is 1. The van der Waals surface area contributed by atoms with Crippen molar-refractivity contribution in [2.45, 2.75) is 12.6 Å². The third-order valence-corrected chi connectivity index (χ3v) is 3.63. The van der Waals surface area contributed by atoms with Crippen molar-refractivity contribution in [3.8, 4) is 0 Å². The highest BCUT2D eigenvalue weighted by Crippen LogP contribution is 2.30. The molecule has 0 aliphatic rings. The second kappa shape index (κ2) is 6.35. The van der Waals surface area contributed by atoms with E-state index in [0.717, 1.165) is 17.7 Å². The molecule has 7 heteroatoms. The minimum atomic E-state index is -4.43. The van der Waals surface area contributed by atoms with Gasteiger partial charge in [-0.1, -0.05) is 30.3 Å². The molecule has 2 aromatic carbocycles. The summed E-state index contributed by atoms with van der Waals surface area (Å²) in [5.74, 6) is 0. The van der Waals surface area contributed by atoms with Crippen LogP contribution in [0.5, 0.6) is 0 Å². The van der Waals surface area contributed by atoms with E-state index in [1.54, 1.807) is 0 Å². The van der Waals surface area contributed by atoms with E-state index >= 15 is 0 Å². The van der Waals surface area contributed by atoms with Crippen molar-refractivity contribution in [1.82, 2.24) is 14.9 Å². The fourth-order valence-electron chi connectivity index (χ4n) is 2.39. The first kappa shape index (κ1) is 16.0. The third-order valence-electron chi connectivity index (χ3n) is 3.63. The van der Waals surface area contributed by atoms with E-state index in [2.05, 4.69) is 10.3 Å². The van der Waals surface area contributed by atoms with Crippen molar-refractivity contribution in [3.63, 3.8) is 0 Å². The van der Waals surface area contributed by atoms with Crippen LogP contribution in [0.25, 0.3) is 11.0 Å². The van der Waals surface area contributed by atoms with Crippen molar-refractivity contribution in [3.05, 3.63) is 66.0 Å². The Labute approximate surface area is 135 Å². The lowest BCUT2D eigenvalue weighted by molar-refractivity contribution is -0.137. The number of aromatic nitrogens is 2. The Kier molecular flexibility index (Phi) is 4.24. The predicted octanol–water partition coefficient (Wildman–Crippen LogP) is 3.86. The SMILES string of the molecule is O=C(NCCc1ccccc1)n1cnc2cc(C(F)(F)F)ccc21.